The standard InChI is InChI=1S/C27H32N4O/c1-3-31-26(23-13-7-8-14-24(23)29-31)27(32)30-15-9-12-21(18-30)25-17-22(16-19(2)28-25)20-10-5-4-6-11-20/h4-6,10-11,16-17,21H,3,7-9,12-15,18H2,1-2H3/t21-/m0/s1. The molecule has 1 aliphatic heterocycles. The molecule has 5 heteroatoms. The summed E-state index contributed by atoms with van der Waals surface area (Å²) < 4.78 is 1.94. The first kappa shape index (κ1) is 20.9. The van der Waals surface area contributed by atoms with Crippen LogP contribution in [0.1, 0.15) is 71.7 Å². The second kappa shape index (κ2) is 8.89. The van der Waals surface area contributed by atoms with E-state index in [-0.39, 0.29) is 11.8 Å². The number of fused-ring (bicyclic) bond motifs is 1. The molecule has 0 unspecified atom stereocenters. The van der Waals surface area contributed by atoms with E-state index in [2.05, 4.69) is 55.1 Å². The van der Waals surface area contributed by atoms with Crippen molar-refractivity contribution in [2.75, 3.05) is 13.1 Å². The van der Waals surface area contributed by atoms with Gasteiger partial charge in [0.05, 0.1) is 5.69 Å². The van der Waals surface area contributed by atoms with Crippen molar-refractivity contribution in [3.63, 3.8) is 0 Å². The normalized spacial score (nSPS) is 18.4. The molecule has 5 nitrogen and oxygen atoms in total. The second-order valence-corrected chi connectivity index (χ2v) is 9.18. The summed E-state index contributed by atoms with van der Waals surface area (Å²) in [7, 11) is 0. The minimum atomic E-state index is 0.156. The lowest BCUT2D eigenvalue weighted by Gasteiger charge is -2.33. The molecule has 1 atom stereocenters. The molecule has 1 fully saturated rings. The molecule has 0 saturated carbocycles. The zero-order chi connectivity index (χ0) is 22.1. The number of carbonyl (C=O) groups excluding carboxylic acids is 1. The first-order valence-corrected chi connectivity index (χ1v) is 12.1. The lowest BCUT2D eigenvalue weighted by atomic mass is 9.91. The van der Waals surface area contributed by atoms with Gasteiger partial charge in [-0.3, -0.25) is 14.5 Å². The Morgan fingerprint density at radius 3 is 2.69 bits per heavy atom. The number of aromatic nitrogens is 3. The zero-order valence-corrected chi connectivity index (χ0v) is 19.2. The summed E-state index contributed by atoms with van der Waals surface area (Å²) in [5, 5.41) is 4.78. The highest BCUT2D eigenvalue weighted by atomic mass is 16.2. The third-order valence-corrected chi connectivity index (χ3v) is 6.93. The fourth-order valence-corrected chi connectivity index (χ4v) is 5.33. The molecule has 1 aliphatic carbocycles. The van der Waals surface area contributed by atoms with Gasteiger partial charge in [-0.25, -0.2) is 0 Å². The van der Waals surface area contributed by atoms with Crippen molar-refractivity contribution < 1.29 is 4.79 Å². The molecule has 32 heavy (non-hydrogen) atoms. The van der Waals surface area contributed by atoms with Crippen LogP contribution in [0.5, 0.6) is 0 Å². The van der Waals surface area contributed by atoms with Crippen LogP contribution in [0, 0.1) is 6.92 Å². The molecule has 2 aliphatic rings. The van der Waals surface area contributed by atoms with Crippen molar-refractivity contribution in [1.29, 1.82) is 0 Å². The summed E-state index contributed by atoms with van der Waals surface area (Å²) in [5.41, 5.74) is 7.73. The maximum atomic E-state index is 13.7. The third-order valence-electron chi connectivity index (χ3n) is 6.93. The Morgan fingerprint density at radius 2 is 1.88 bits per heavy atom. The fraction of sp³-hybridized carbons (Fsp3) is 0.444. The van der Waals surface area contributed by atoms with E-state index in [1.807, 2.05) is 10.7 Å². The Balaban J connectivity index is 1.42. The lowest BCUT2D eigenvalue weighted by molar-refractivity contribution is 0.0692. The Kier molecular flexibility index (Phi) is 5.81. The molecule has 1 aromatic carbocycles. The van der Waals surface area contributed by atoms with Crippen LogP contribution in [0.2, 0.25) is 0 Å². The number of pyridine rings is 1. The van der Waals surface area contributed by atoms with E-state index in [4.69, 9.17) is 10.1 Å². The summed E-state index contributed by atoms with van der Waals surface area (Å²) in [6.07, 6.45) is 6.39. The monoisotopic (exact) mass is 428 g/mol. The largest absolute Gasteiger partial charge is 0.337 e. The molecular formula is C27H32N4O. The minimum absolute atomic E-state index is 0.156. The predicted molar refractivity (Wildman–Crippen MR) is 127 cm³/mol. The Labute approximate surface area is 190 Å². The Hall–Kier alpha value is -2.95. The van der Waals surface area contributed by atoms with Crippen molar-refractivity contribution in [3.8, 4) is 11.1 Å². The fourth-order valence-electron chi connectivity index (χ4n) is 5.33. The van der Waals surface area contributed by atoms with E-state index < -0.39 is 0 Å². The van der Waals surface area contributed by atoms with Gasteiger partial charge in [0.25, 0.3) is 5.91 Å². The van der Waals surface area contributed by atoms with E-state index in [1.165, 1.54) is 23.1 Å². The third kappa shape index (κ3) is 3.96. The number of aryl methyl sites for hydroxylation is 3. The van der Waals surface area contributed by atoms with Crippen LogP contribution < -0.4 is 0 Å². The number of hydrogen-bond donors (Lipinski definition) is 0. The SMILES string of the molecule is CCn1nc2c(c1C(=O)N1CCC[C@H](c3cc(-c4ccccc4)cc(C)n3)C1)CCCC2. The van der Waals surface area contributed by atoms with Gasteiger partial charge in [-0.2, -0.15) is 5.10 Å². The van der Waals surface area contributed by atoms with Crippen LogP contribution in [0.15, 0.2) is 42.5 Å². The molecule has 0 bridgehead atoms. The smallest absolute Gasteiger partial charge is 0.272 e. The first-order chi connectivity index (χ1) is 15.6. The second-order valence-electron chi connectivity index (χ2n) is 9.18. The Morgan fingerprint density at radius 1 is 1.06 bits per heavy atom. The van der Waals surface area contributed by atoms with E-state index in [9.17, 15) is 4.79 Å². The average molecular weight is 429 g/mol. The van der Waals surface area contributed by atoms with E-state index >= 15 is 0 Å². The molecule has 0 radical (unpaired) electrons. The van der Waals surface area contributed by atoms with Crippen LogP contribution in [-0.2, 0) is 19.4 Å². The van der Waals surface area contributed by atoms with Crippen molar-refractivity contribution in [1.82, 2.24) is 19.7 Å². The maximum absolute atomic E-state index is 13.7. The molecule has 0 spiro atoms. The van der Waals surface area contributed by atoms with Gasteiger partial charge in [-0.15, -0.1) is 0 Å². The molecule has 1 amide bonds. The van der Waals surface area contributed by atoms with Crippen molar-refractivity contribution in [2.45, 2.75) is 64.8 Å². The maximum Gasteiger partial charge on any atom is 0.272 e. The summed E-state index contributed by atoms with van der Waals surface area (Å²) in [4.78, 5) is 20.6. The molecule has 1 saturated heterocycles. The summed E-state index contributed by atoms with van der Waals surface area (Å²) in [6, 6.07) is 14.8. The molecule has 3 heterocycles. The topological polar surface area (TPSA) is 51.0 Å². The molecule has 2 aromatic heterocycles. The van der Waals surface area contributed by atoms with Gasteiger partial charge in [0.2, 0.25) is 0 Å². The van der Waals surface area contributed by atoms with E-state index in [0.29, 0.717) is 0 Å². The van der Waals surface area contributed by atoms with Gasteiger partial charge >= 0.3 is 0 Å². The quantitative estimate of drug-likeness (QED) is 0.576. The highest BCUT2D eigenvalue weighted by Gasteiger charge is 2.32. The van der Waals surface area contributed by atoms with Crippen molar-refractivity contribution in [3.05, 3.63) is 70.8 Å². The number of hydrogen-bond acceptors (Lipinski definition) is 3. The average Bonchev–Trinajstić information content (AvgIpc) is 3.22. The molecule has 3 aromatic rings. The highest BCUT2D eigenvalue weighted by molar-refractivity contribution is 5.94. The number of likely N-dealkylation sites (tertiary alicyclic amines) is 1. The van der Waals surface area contributed by atoms with E-state index in [1.54, 1.807) is 0 Å². The Bertz CT molecular complexity index is 1120. The highest BCUT2D eigenvalue weighted by Crippen LogP contribution is 2.32. The zero-order valence-electron chi connectivity index (χ0n) is 19.2. The minimum Gasteiger partial charge on any atom is -0.337 e. The predicted octanol–water partition coefficient (Wildman–Crippen LogP) is 5.17. The van der Waals surface area contributed by atoms with Crippen molar-refractivity contribution >= 4 is 5.91 Å². The molecule has 166 valence electrons. The van der Waals surface area contributed by atoms with Gasteiger partial charge in [-0.05, 0) is 75.6 Å². The summed E-state index contributed by atoms with van der Waals surface area (Å²) in [6.45, 7) is 6.43. The number of nitrogens with zero attached hydrogens (tertiary/aromatic N) is 4. The van der Waals surface area contributed by atoms with Gasteiger partial charge in [0.15, 0.2) is 0 Å². The van der Waals surface area contributed by atoms with Crippen LogP contribution in [0.25, 0.3) is 11.1 Å². The van der Waals surface area contributed by atoms with Gasteiger partial charge in [0.1, 0.15) is 5.69 Å². The number of rotatable bonds is 4. The van der Waals surface area contributed by atoms with Gasteiger partial charge in [-0.1, -0.05) is 30.3 Å². The number of piperidine rings is 1. The molecule has 5 rings (SSSR count). The van der Waals surface area contributed by atoms with Crippen LogP contribution in [-0.4, -0.2) is 38.7 Å². The van der Waals surface area contributed by atoms with Gasteiger partial charge in [0, 0.05) is 42.5 Å². The molecule has 0 N–H and O–H groups in total. The first-order valence-electron chi connectivity index (χ1n) is 12.1. The van der Waals surface area contributed by atoms with Crippen LogP contribution >= 0.6 is 0 Å². The van der Waals surface area contributed by atoms with Gasteiger partial charge < -0.3 is 4.90 Å². The number of benzene rings is 1. The number of amides is 1. The summed E-state index contributed by atoms with van der Waals surface area (Å²) in [5.74, 6) is 0.423. The summed E-state index contributed by atoms with van der Waals surface area (Å²) >= 11 is 0. The van der Waals surface area contributed by atoms with Crippen LogP contribution in [0.3, 0.4) is 0 Å². The van der Waals surface area contributed by atoms with E-state index in [0.717, 1.165) is 74.5 Å². The van der Waals surface area contributed by atoms with Crippen LogP contribution in [0.4, 0.5) is 0 Å². The number of carbonyl (C=O) groups is 1. The molecular weight excluding hydrogens is 396 g/mol. The van der Waals surface area contributed by atoms with Crippen molar-refractivity contribution in [2.24, 2.45) is 0 Å². The lowest BCUT2D eigenvalue weighted by Crippen LogP contribution is -2.40.